The van der Waals surface area contributed by atoms with E-state index < -0.39 is 0 Å². The summed E-state index contributed by atoms with van der Waals surface area (Å²) in [4.78, 5) is 0. The summed E-state index contributed by atoms with van der Waals surface area (Å²) < 4.78 is 0. The summed E-state index contributed by atoms with van der Waals surface area (Å²) in [7, 11) is 2.79. The van der Waals surface area contributed by atoms with Gasteiger partial charge in [0, 0.05) is 6.61 Å². The molecule has 2 unspecified atom stereocenters. The Morgan fingerprint density at radius 2 is 1.80 bits per heavy atom. The van der Waals surface area contributed by atoms with Gasteiger partial charge in [-0.15, -0.1) is 0 Å². The lowest BCUT2D eigenvalue weighted by molar-refractivity contribution is 0.283. The lowest BCUT2D eigenvalue weighted by Crippen LogP contribution is -1.83. The summed E-state index contributed by atoms with van der Waals surface area (Å²) in [6, 6.07) is 0. The van der Waals surface area contributed by atoms with Crippen LogP contribution in [0.1, 0.15) is 25.7 Å². The van der Waals surface area contributed by atoms with Crippen molar-refractivity contribution in [3.05, 3.63) is 0 Å². The average Bonchev–Trinajstić information content (AvgIpc) is 1.87. The van der Waals surface area contributed by atoms with Gasteiger partial charge in [-0.3, -0.25) is 0 Å². The molecule has 0 spiro atoms. The first-order chi connectivity index (χ1) is 4.77. The van der Waals surface area contributed by atoms with E-state index in [9.17, 15) is 0 Å². The van der Waals surface area contributed by atoms with E-state index in [-0.39, 0.29) is 6.31 Å². The third-order valence-corrected chi connectivity index (χ3v) is 3.86. The van der Waals surface area contributed by atoms with E-state index in [4.69, 9.17) is 5.11 Å². The zero-order chi connectivity index (χ0) is 7.82. The molecule has 0 fully saturated rings. The predicted octanol–water partition coefficient (Wildman–Crippen LogP) is 3.12. The average molecular weight is 245 g/mol. The first-order valence-corrected chi connectivity index (χ1v) is 8.72. The SMILES string of the molecule is OCCCCCCP(P)Br. The van der Waals surface area contributed by atoms with E-state index in [0.29, 0.717) is 6.61 Å². The van der Waals surface area contributed by atoms with Crippen molar-refractivity contribution in [2.75, 3.05) is 12.8 Å². The Bertz CT molecular complexity index is 70.8. The van der Waals surface area contributed by atoms with Crippen molar-refractivity contribution in [3.63, 3.8) is 0 Å². The Kier molecular flexibility index (Phi) is 9.49. The molecule has 0 saturated carbocycles. The van der Waals surface area contributed by atoms with Gasteiger partial charge in [0.25, 0.3) is 0 Å². The Balaban J connectivity index is 2.77. The molecule has 62 valence electrons. The number of aliphatic hydroxyl groups excluding tert-OH is 1. The van der Waals surface area contributed by atoms with Crippen LogP contribution in [0.5, 0.6) is 0 Å². The largest absolute Gasteiger partial charge is 0.396 e. The highest BCUT2D eigenvalue weighted by Crippen LogP contribution is 2.52. The fourth-order valence-electron chi connectivity index (χ4n) is 0.728. The van der Waals surface area contributed by atoms with Gasteiger partial charge in [-0.25, -0.2) is 0 Å². The monoisotopic (exact) mass is 244 g/mol. The second-order valence-corrected chi connectivity index (χ2v) is 10.4. The van der Waals surface area contributed by atoms with Gasteiger partial charge in [-0.1, -0.05) is 37.3 Å². The van der Waals surface area contributed by atoms with Gasteiger partial charge >= 0.3 is 0 Å². The first kappa shape index (κ1) is 11.3. The van der Waals surface area contributed by atoms with E-state index in [0.717, 1.165) is 6.42 Å². The third kappa shape index (κ3) is 9.30. The van der Waals surface area contributed by atoms with Crippen LogP contribution in [0.3, 0.4) is 0 Å². The van der Waals surface area contributed by atoms with Crippen LogP contribution >= 0.6 is 30.7 Å². The summed E-state index contributed by atoms with van der Waals surface area (Å²) in [6.45, 7) is 0.351. The third-order valence-electron chi connectivity index (χ3n) is 1.28. The quantitative estimate of drug-likeness (QED) is 0.563. The summed E-state index contributed by atoms with van der Waals surface area (Å²) in [5.74, 6) is 0. The predicted molar refractivity (Wildman–Crippen MR) is 56.0 cm³/mol. The molecular weight excluding hydrogens is 230 g/mol. The van der Waals surface area contributed by atoms with Crippen molar-refractivity contribution < 1.29 is 5.11 Å². The molecule has 0 heterocycles. The van der Waals surface area contributed by atoms with Gasteiger partial charge in [-0.2, -0.15) is 0 Å². The van der Waals surface area contributed by atoms with Crippen molar-refractivity contribution in [2.24, 2.45) is 0 Å². The maximum absolute atomic E-state index is 8.47. The Morgan fingerprint density at radius 3 is 2.30 bits per heavy atom. The van der Waals surface area contributed by atoms with Crippen LogP contribution in [0.25, 0.3) is 0 Å². The van der Waals surface area contributed by atoms with Crippen LogP contribution in [0.15, 0.2) is 0 Å². The van der Waals surface area contributed by atoms with Crippen LogP contribution in [0, 0.1) is 0 Å². The van der Waals surface area contributed by atoms with Gasteiger partial charge in [0.05, 0.1) is 0 Å². The number of hydrogen-bond acceptors (Lipinski definition) is 1. The van der Waals surface area contributed by atoms with Crippen molar-refractivity contribution in [3.8, 4) is 0 Å². The molecule has 0 aromatic heterocycles. The molecule has 0 aliphatic rings. The molecule has 4 heteroatoms. The smallest absolute Gasteiger partial charge is 0.0431 e. The lowest BCUT2D eigenvalue weighted by atomic mass is 10.2. The van der Waals surface area contributed by atoms with Gasteiger partial charge in [-0.05, 0) is 25.3 Å². The van der Waals surface area contributed by atoms with Crippen LogP contribution in [0.4, 0.5) is 0 Å². The van der Waals surface area contributed by atoms with Crippen molar-refractivity contribution in [2.45, 2.75) is 25.7 Å². The van der Waals surface area contributed by atoms with Gasteiger partial charge in [0.15, 0.2) is 0 Å². The normalized spacial score (nSPS) is 13.5. The zero-order valence-electron chi connectivity index (χ0n) is 6.09. The molecule has 0 saturated heterocycles. The molecule has 0 aromatic rings. The molecule has 1 nitrogen and oxygen atoms in total. The molecule has 1 N–H and O–H groups in total. The molecule has 0 amide bonds. The van der Waals surface area contributed by atoms with Crippen LogP contribution in [-0.4, -0.2) is 17.9 Å². The number of unbranched alkanes of at least 4 members (excludes halogenated alkanes) is 3. The molecule has 0 aromatic carbocycles. The number of aliphatic hydroxyl groups is 1. The van der Waals surface area contributed by atoms with Gasteiger partial charge in [0.1, 0.15) is 0 Å². The highest BCUT2D eigenvalue weighted by Gasteiger charge is 1.94. The lowest BCUT2D eigenvalue weighted by Gasteiger charge is -2.01. The number of rotatable bonds is 6. The van der Waals surface area contributed by atoms with Gasteiger partial charge < -0.3 is 5.11 Å². The second kappa shape index (κ2) is 8.40. The highest BCUT2D eigenvalue weighted by atomic mass is 79.9. The van der Waals surface area contributed by atoms with E-state index in [1.165, 1.54) is 25.4 Å². The molecular formula is C6H15BrOP2. The Hall–Kier alpha value is 1.30. The molecule has 0 rings (SSSR count). The summed E-state index contributed by atoms with van der Waals surface area (Å²) in [6.07, 6.45) is 6.03. The molecule has 0 radical (unpaired) electrons. The van der Waals surface area contributed by atoms with Crippen LogP contribution < -0.4 is 0 Å². The second-order valence-electron chi connectivity index (χ2n) is 2.26. The highest BCUT2D eigenvalue weighted by molar-refractivity contribution is 9.44. The van der Waals surface area contributed by atoms with Crippen LogP contribution in [0.2, 0.25) is 0 Å². The van der Waals surface area contributed by atoms with E-state index in [1.54, 1.807) is 0 Å². The molecule has 0 aliphatic carbocycles. The topological polar surface area (TPSA) is 20.2 Å². The molecule has 0 aliphatic heterocycles. The van der Waals surface area contributed by atoms with Crippen molar-refractivity contribution >= 4 is 30.7 Å². The first-order valence-electron chi connectivity index (χ1n) is 3.56. The molecule has 0 bridgehead atoms. The molecule has 2 atom stereocenters. The minimum Gasteiger partial charge on any atom is -0.396 e. The van der Waals surface area contributed by atoms with Crippen LogP contribution in [-0.2, 0) is 0 Å². The zero-order valence-corrected chi connectivity index (χ0v) is 9.73. The minimum atomic E-state index is 0.0453. The van der Waals surface area contributed by atoms with E-state index in [2.05, 4.69) is 24.4 Å². The Labute approximate surface area is 74.6 Å². The number of halogens is 1. The van der Waals surface area contributed by atoms with Crippen molar-refractivity contribution in [1.29, 1.82) is 0 Å². The fourth-order valence-corrected chi connectivity index (χ4v) is 2.55. The maximum atomic E-state index is 8.47. The standard InChI is InChI=1S/C6H15BrOP2/c7-10(9)6-4-2-1-3-5-8/h8H,1-6,9H2. The maximum Gasteiger partial charge on any atom is 0.0431 e. The fraction of sp³-hybridized carbons (Fsp3) is 1.00. The van der Waals surface area contributed by atoms with Gasteiger partial charge in [0.2, 0.25) is 0 Å². The van der Waals surface area contributed by atoms with Crippen molar-refractivity contribution in [1.82, 2.24) is 0 Å². The molecule has 10 heavy (non-hydrogen) atoms. The summed E-state index contributed by atoms with van der Waals surface area (Å²) >= 11 is 3.52. The van der Waals surface area contributed by atoms with E-state index in [1.807, 2.05) is 0 Å². The number of hydrogen-bond donors (Lipinski definition) is 1. The summed E-state index contributed by atoms with van der Waals surface area (Å²) in [5.41, 5.74) is 0. The Morgan fingerprint density at radius 1 is 1.20 bits per heavy atom. The van der Waals surface area contributed by atoms with E-state index >= 15 is 0 Å². The minimum absolute atomic E-state index is 0.0453. The summed E-state index contributed by atoms with van der Waals surface area (Å²) in [5, 5.41) is 8.47.